The summed E-state index contributed by atoms with van der Waals surface area (Å²) in [5, 5.41) is 3.15. The van der Waals surface area contributed by atoms with Crippen LogP contribution in [0.2, 0.25) is 0 Å². The lowest BCUT2D eigenvalue weighted by Crippen LogP contribution is -2.82. The van der Waals surface area contributed by atoms with Crippen LogP contribution in [0.1, 0.15) is 46.0 Å². The molecule has 0 aliphatic heterocycles. The fraction of sp³-hybridized carbons (Fsp3) is 0.909. The van der Waals surface area contributed by atoms with Crippen molar-refractivity contribution >= 4 is 5.91 Å². The van der Waals surface area contributed by atoms with Crippen LogP contribution >= 0.6 is 0 Å². The normalized spacial score (nSPS) is 40.8. The van der Waals surface area contributed by atoms with Gasteiger partial charge in [0, 0.05) is 17.0 Å². The number of carbonyl (C=O) groups excluding carboxylic acids is 1. The molecule has 0 radical (unpaired) electrons. The molecule has 0 aromatic heterocycles. The van der Waals surface area contributed by atoms with E-state index in [2.05, 4.69) is 12.2 Å². The molecule has 14 heavy (non-hydrogen) atoms. The molecule has 2 bridgehead atoms. The van der Waals surface area contributed by atoms with Crippen molar-refractivity contribution in [3.63, 3.8) is 0 Å². The van der Waals surface area contributed by atoms with Crippen molar-refractivity contribution in [1.29, 1.82) is 0 Å². The molecule has 3 N–H and O–H groups in total. The maximum absolute atomic E-state index is 11.7. The summed E-state index contributed by atoms with van der Waals surface area (Å²) in [6.45, 7) is 4.11. The van der Waals surface area contributed by atoms with Crippen LogP contribution in [0, 0.1) is 5.92 Å². The van der Waals surface area contributed by atoms with Gasteiger partial charge in [-0.2, -0.15) is 0 Å². The van der Waals surface area contributed by atoms with E-state index < -0.39 is 0 Å². The van der Waals surface area contributed by atoms with E-state index in [1.54, 1.807) is 0 Å². The zero-order valence-electron chi connectivity index (χ0n) is 9.10. The number of carbonyl (C=O) groups is 1. The SMILES string of the molecule is CCCC(C)C(=O)NC12CC(N)(C1)C2. The van der Waals surface area contributed by atoms with Crippen LogP contribution in [0.3, 0.4) is 0 Å². The molecule has 0 aromatic carbocycles. The fourth-order valence-electron chi connectivity index (χ4n) is 2.95. The van der Waals surface area contributed by atoms with Gasteiger partial charge in [-0.05, 0) is 25.7 Å². The van der Waals surface area contributed by atoms with Gasteiger partial charge < -0.3 is 11.1 Å². The second kappa shape index (κ2) is 2.96. The Labute approximate surface area is 85.4 Å². The van der Waals surface area contributed by atoms with Gasteiger partial charge in [0.15, 0.2) is 0 Å². The van der Waals surface area contributed by atoms with Crippen LogP contribution < -0.4 is 11.1 Å². The monoisotopic (exact) mass is 196 g/mol. The predicted octanol–water partition coefficient (Wildman–Crippen LogP) is 1.17. The van der Waals surface area contributed by atoms with Crippen LogP contribution in [-0.4, -0.2) is 17.0 Å². The third kappa shape index (κ3) is 1.44. The predicted molar refractivity (Wildman–Crippen MR) is 55.7 cm³/mol. The molecular formula is C11H20N2O. The maximum Gasteiger partial charge on any atom is 0.223 e. The van der Waals surface area contributed by atoms with Gasteiger partial charge in [0.25, 0.3) is 0 Å². The highest BCUT2D eigenvalue weighted by atomic mass is 16.2. The van der Waals surface area contributed by atoms with Crippen LogP contribution in [0.4, 0.5) is 0 Å². The molecule has 1 amide bonds. The van der Waals surface area contributed by atoms with E-state index in [0.717, 1.165) is 32.1 Å². The Balaban J connectivity index is 1.79. The summed E-state index contributed by atoms with van der Waals surface area (Å²) in [7, 11) is 0. The molecular weight excluding hydrogens is 176 g/mol. The zero-order valence-corrected chi connectivity index (χ0v) is 9.10. The molecule has 3 fully saturated rings. The van der Waals surface area contributed by atoms with E-state index in [9.17, 15) is 4.79 Å². The molecule has 0 saturated heterocycles. The topological polar surface area (TPSA) is 55.1 Å². The van der Waals surface area contributed by atoms with Crippen molar-refractivity contribution in [3.05, 3.63) is 0 Å². The number of hydrogen-bond acceptors (Lipinski definition) is 2. The molecule has 0 heterocycles. The van der Waals surface area contributed by atoms with Gasteiger partial charge in [-0.15, -0.1) is 0 Å². The smallest absolute Gasteiger partial charge is 0.223 e. The highest BCUT2D eigenvalue weighted by Gasteiger charge is 2.66. The molecule has 3 heteroatoms. The quantitative estimate of drug-likeness (QED) is 0.709. The van der Waals surface area contributed by atoms with E-state index >= 15 is 0 Å². The van der Waals surface area contributed by atoms with Crippen molar-refractivity contribution in [2.75, 3.05) is 0 Å². The average Bonchev–Trinajstić information content (AvgIpc) is 2.00. The summed E-state index contributed by atoms with van der Waals surface area (Å²) in [6, 6.07) is 0. The van der Waals surface area contributed by atoms with Gasteiger partial charge in [-0.1, -0.05) is 20.3 Å². The minimum atomic E-state index is 0.0846. The lowest BCUT2D eigenvalue weighted by molar-refractivity contribution is -0.139. The lowest BCUT2D eigenvalue weighted by atomic mass is 9.44. The fourth-order valence-corrected chi connectivity index (χ4v) is 2.95. The largest absolute Gasteiger partial charge is 0.350 e. The first kappa shape index (κ1) is 9.97. The summed E-state index contributed by atoms with van der Waals surface area (Å²) in [4.78, 5) is 11.7. The van der Waals surface area contributed by atoms with E-state index in [1.165, 1.54) is 0 Å². The van der Waals surface area contributed by atoms with Crippen molar-refractivity contribution in [3.8, 4) is 0 Å². The van der Waals surface area contributed by atoms with E-state index in [0.29, 0.717) is 0 Å². The van der Waals surface area contributed by atoms with Crippen LogP contribution in [-0.2, 0) is 4.79 Å². The molecule has 3 saturated carbocycles. The maximum atomic E-state index is 11.7. The van der Waals surface area contributed by atoms with Gasteiger partial charge in [-0.25, -0.2) is 0 Å². The molecule has 1 unspecified atom stereocenters. The van der Waals surface area contributed by atoms with Crippen LogP contribution in [0.5, 0.6) is 0 Å². The molecule has 3 aliphatic carbocycles. The molecule has 0 aromatic rings. The van der Waals surface area contributed by atoms with Gasteiger partial charge in [0.05, 0.1) is 0 Å². The standard InChI is InChI=1S/C11H20N2O/c1-3-4-8(2)9(14)13-11-5-10(12,6-11)7-11/h8H,3-7,12H2,1-2H3,(H,13,14). The van der Waals surface area contributed by atoms with Gasteiger partial charge in [0.1, 0.15) is 0 Å². The summed E-state index contributed by atoms with van der Waals surface area (Å²) >= 11 is 0. The average molecular weight is 196 g/mol. The number of amides is 1. The molecule has 3 nitrogen and oxygen atoms in total. The highest BCUT2D eigenvalue weighted by molar-refractivity contribution is 5.79. The number of nitrogens with one attached hydrogen (secondary N) is 1. The van der Waals surface area contributed by atoms with Crippen molar-refractivity contribution in [1.82, 2.24) is 5.32 Å². The number of hydrogen-bond donors (Lipinski definition) is 2. The molecule has 3 rings (SSSR count). The Hall–Kier alpha value is -0.570. The van der Waals surface area contributed by atoms with Gasteiger partial charge >= 0.3 is 0 Å². The Morgan fingerprint density at radius 1 is 1.50 bits per heavy atom. The number of nitrogens with two attached hydrogens (primary N) is 1. The van der Waals surface area contributed by atoms with Crippen molar-refractivity contribution in [2.45, 2.75) is 57.0 Å². The molecule has 80 valence electrons. The Kier molecular flexibility index (Phi) is 2.11. The Bertz CT molecular complexity index is 242. The van der Waals surface area contributed by atoms with Crippen LogP contribution in [0.15, 0.2) is 0 Å². The van der Waals surface area contributed by atoms with Crippen LogP contribution in [0.25, 0.3) is 0 Å². The first-order valence-electron chi connectivity index (χ1n) is 5.60. The molecule has 1 atom stereocenters. The number of rotatable bonds is 4. The highest BCUT2D eigenvalue weighted by Crippen LogP contribution is 2.58. The second-order valence-corrected chi connectivity index (χ2v) is 5.35. The van der Waals surface area contributed by atoms with E-state index in [-0.39, 0.29) is 22.9 Å². The van der Waals surface area contributed by atoms with Crippen molar-refractivity contribution in [2.24, 2.45) is 11.7 Å². The third-order valence-corrected chi connectivity index (χ3v) is 3.63. The minimum Gasteiger partial charge on any atom is -0.350 e. The summed E-state index contributed by atoms with van der Waals surface area (Å²) in [6.07, 6.45) is 5.03. The summed E-state index contributed by atoms with van der Waals surface area (Å²) in [5.41, 5.74) is 6.12. The van der Waals surface area contributed by atoms with E-state index in [1.807, 2.05) is 6.92 Å². The Morgan fingerprint density at radius 2 is 2.07 bits per heavy atom. The lowest BCUT2D eigenvalue weighted by Gasteiger charge is -2.69. The molecule has 0 spiro atoms. The third-order valence-electron chi connectivity index (χ3n) is 3.63. The summed E-state index contributed by atoms with van der Waals surface area (Å²) in [5.74, 6) is 0.372. The van der Waals surface area contributed by atoms with E-state index in [4.69, 9.17) is 5.73 Å². The molecule has 3 aliphatic rings. The van der Waals surface area contributed by atoms with Gasteiger partial charge in [0.2, 0.25) is 5.91 Å². The second-order valence-electron chi connectivity index (χ2n) is 5.35. The Morgan fingerprint density at radius 3 is 2.50 bits per heavy atom. The van der Waals surface area contributed by atoms with Gasteiger partial charge in [-0.3, -0.25) is 4.79 Å². The first-order chi connectivity index (χ1) is 6.49. The summed E-state index contributed by atoms with van der Waals surface area (Å²) < 4.78 is 0. The van der Waals surface area contributed by atoms with Crippen molar-refractivity contribution < 1.29 is 4.79 Å². The zero-order chi connectivity index (χ0) is 10.4. The minimum absolute atomic E-state index is 0.0846. The first-order valence-corrected chi connectivity index (χ1v) is 5.60.